The van der Waals surface area contributed by atoms with Crippen molar-refractivity contribution < 1.29 is 9.53 Å². The van der Waals surface area contributed by atoms with Crippen LogP contribution in [0.15, 0.2) is 5.38 Å². The van der Waals surface area contributed by atoms with E-state index in [2.05, 4.69) is 36.1 Å². The molecule has 110 valence electrons. The Labute approximate surface area is 126 Å². The summed E-state index contributed by atoms with van der Waals surface area (Å²) in [4.78, 5) is 17.7. The van der Waals surface area contributed by atoms with Gasteiger partial charge in [-0.1, -0.05) is 25.6 Å². The predicted molar refractivity (Wildman–Crippen MR) is 87.0 cm³/mol. The Kier molecular flexibility index (Phi) is 5.00. The summed E-state index contributed by atoms with van der Waals surface area (Å²) in [6.45, 7) is 12.1. The lowest BCUT2D eigenvalue weighted by molar-refractivity contribution is 0.0589. The smallest absolute Gasteiger partial charge is 0.416 e. The molecule has 1 aromatic heterocycles. The van der Waals surface area contributed by atoms with Gasteiger partial charge >= 0.3 is 6.09 Å². The Hall–Kier alpha value is -1.32. The molecule has 1 aromatic rings. The van der Waals surface area contributed by atoms with E-state index in [1.807, 2.05) is 26.2 Å². The van der Waals surface area contributed by atoms with Crippen molar-refractivity contribution in [2.75, 3.05) is 11.9 Å². The molecule has 4 nitrogen and oxygen atoms in total. The van der Waals surface area contributed by atoms with Gasteiger partial charge in [0.15, 0.2) is 5.13 Å². The molecule has 0 saturated carbocycles. The monoisotopic (exact) mass is 310 g/mol. The van der Waals surface area contributed by atoms with Crippen LogP contribution in [0, 0.1) is 11.5 Å². The van der Waals surface area contributed by atoms with Gasteiger partial charge in [-0.3, -0.25) is 4.90 Å². The standard InChI is InChI=1S/C14H22N2O2SSi/c1-14(2,3)18-13(17)16(4)12-15-11(10-19-12)8-9-20(5,6)7/h10H,1-7H3. The summed E-state index contributed by atoms with van der Waals surface area (Å²) >= 11 is 1.39. The molecule has 0 bridgehead atoms. The van der Waals surface area contributed by atoms with E-state index in [0.29, 0.717) is 10.8 Å². The maximum absolute atomic E-state index is 11.9. The van der Waals surface area contributed by atoms with Gasteiger partial charge < -0.3 is 4.74 Å². The molecule has 0 atom stereocenters. The maximum Gasteiger partial charge on any atom is 0.416 e. The molecule has 6 heteroatoms. The minimum absolute atomic E-state index is 0.406. The van der Waals surface area contributed by atoms with Crippen molar-refractivity contribution >= 4 is 30.6 Å². The Balaban J connectivity index is 2.81. The molecule has 0 aliphatic heterocycles. The van der Waals surface area contributed by atoms with Crippen molar-refractivity contribution in [3.8, 4) is 11.5 Å². The molecule has 0 unspecified atom stereocenters. The van der Waals surface area contributed by atoms with Crippen molar-refractivity contribution in [3.05, 3.63) is 11.1 Å². The van der Waals surface area contributed by atoms with Gasteiger partial charge in [-0.15, -0.1) is 16.9 Å². The van der Waals surface area contributed by atoms with E-state index in [0.717, 1.165) is 0 Å². The van der Waals surface area contributed by atoms with Crippen molar-refractivity contribution in [2.24, 2.45) is 0 Å². The second-order valence-corrected chi connectivity index (χ2v) is 12.1. The van der Waals surface area contributed by atoms with Gasteiger partial charge in [0.1, 0.15) is 19.4 Å². The molecule has 1 heterocycles. The molecular weight excluding hydrogens is 288 g/mol. The van der Waals surface area contributed by atoms with E-state index in [-0.39, 0.29) is 0 Å². The zero-order valence-corrected chi connectivity index (χ0v) is 15.0. The molecule has 0 saturated heterocycles. The zero-order valence-electron chi connectivity index (χ0n) is 13.2. The first-order chi connectivity index (χ1) is 8.98. The molecule has 0 aromatic carbocycles. The number of anilines is 1. The normalized spacial score (nSPS) is 11.6. The number of carbonyl (C=O) groups is 1. The van der Waals surface area contributed by atoms with Gasteiger partial charge in [-0.25, -0.2) is 9.78 Å². The van der Waals surface area contributed by atoms with Crippen LogP contribution >= 0.6 is 11.3 Å². The third kappa shape index (κ3) is 5.76. The van der Waals surface area contributed by atoms with Gasteiger partial charge in [0.05, 0.1) is 0 Å². The average molecular weight is 310 g/mol. The third-order valence-corrected chi connectivity index (χ3v) is 3.80. The number of thiazole rings is 1. The summed E-state index contributed by atoms with van der Waals surface area (Å²) in [7, 11) is 0.242. The molecule has 0 aliphatic carbocycles. The number of carbonyl (C=O) groups excluding carboxylic acids is 1. The van der Waals surface area contributed by atoms with Crippen molar-refractivity contribution in [1.82, 2.24) is 4.98 Å². The van der Waals surface area contributed by atoms with Crippen LogP contribution in [-0.4, -0.2) is 31.8 Å². The lowest BCUT2D eigenvalue weighted by Gasteiger charge is -2.23. The van der Waals surface area contributed by atoms with Crippen LogP contribution < -0.4 is 4.90 Å². The zero-order chi connectivity index (χ0) is 15.6. The van der Waals surface area contributed by atoms with Crippen LogP contribution in [0.4, 0.5) is 9.93 Å². The third-order valence-electron chi connectivity index (χ3n) is 2.01. The van der Waals surface area contributed by atoms with Gasteiger partial charge in [0.2, 0.25) is 0 Å². The number of ether oxygens (including phenoxy) is 1. The Morgan fingerprint density at radius 2 is 2.00 bits per heavy atom. The van der Waals surface area contributed by atoms with Crippen molar-refractivity contribution in [3.63, 3.8) is 0 Å². The van der Waals surface area contributed by atoms with E-state index in [1.54, 1.807) is 7.05 Å². The first kappa shape index (κ1) is 16.7. The highest BCUT2D eigenvalue weighted by atomic mass is 32.1. The number of rotatable bonds is 1. The summed E-state index contributed by atoms with van der Waals surface area (Å²) in [6.07, 6.45) is -0.406. The van der Waals surface area contributed by atoms with E-state index >= 15 is 0 Å². The number of amides is 1. The van der Waals surface area contributed by atoms with E-state index in [1.165, 1.54) is 16.2 Å². The van der Waals surface area contributed by atoms with Crippen molar-refractivity contribution in [2.45, 2.75) is 46.0 Å². The molecule has 0 spiro atoms. The highest BCUT2D eigenvalue weighted by Crippen LogP contribution is 2.21. The lowest BCUT2D eigenvalue weighted by atomic mass is 10.2. The van der Waals surface area contributed by atoms with Crippen LogP contribution in [0.3, 0.4) is 0 Å². The van der Waals surface area contributed by atoms with Crippen LogP contribution in [0.25, 0.3) is 0 Å². The Morgan fingerprint density at radius 3 is 2.50 bits per heavy atom. The summed E-state index contributed by atoms with van der Waals surface area (Å²) in [5.41, 5.74) is 3.46. The van der Waals surface area contributed by atoms with Crippen LogP contribution in [0.5, 0.6) is 0 Å². The highest BCUT2D eigenvalue weighted by Gasteiger charge is 2.22. The molecule has 1 amide bonds. The number of hydrogen-bond donors (Lipinski definition) is 0. The SMILES string of the molecule is CN(C(=O)OC(C)(C)C)c1nc(C#C[Si](C)(C)C)cs1. The summed E-state index contributed by atoms with van der Waals surface area (Å²) in [6, 6.07) is 0. The fourth-order valence-corrected chi connectivity index (χ4v) is 2.35. The van der Waals surface area contributed by atoms with E-state index < -0.39 is 19.8 Å². The molecule has 0 radical (unpaired) electrons. The Morgan fingerprint density at radius 1 is 1.40 bits per heavy atom. The first-order valence-corrected chi connectivity index (χ1v) is 10.8. The van der Waals surface area contributed by atoms with E-state index in [9.17, 15) is 4.79 Å². The van der Waals surface area contributed by atoms with Crippen LogP contribution in [-0.2, 0) is 4.74 Å². The van der Waals surface area contributed by atoms with Gasteiger partial charge in [-0.05, 0) is 20.8 Å². The average Bonchev–Trinajstić information content (AvgIpc) is 2.70. The number of hydrogen-bond acceptors (Lipinski definition) is 4. The molecule has 0 fully saturated rings. The minimum Gasteiger partial charge on any atom is -0.443 e. The summed E-state index contributed by atoms with van der Waals surface area (Å²) in [5.74, 6) is 3.08. The lowest BCUT2D eigenvalue weighted by Crippen LogP contribution is -2.34. The molecule has 0 aliphatic rings. The van der Waals surface area contributed by atoms with E-state index in [4.69, 9.17) is 4.74 Å². The van der Waals surface area contributed by atoms with Crippen LogP contribution in [0.2, 0.25) is 19.6 Å². The van der Waals surface area contributed by atoms with Gasteiger partial charge in [0, 0.05) is 12.4 Å². The molecule has 1 rings (SSSR count). The highest BCUT2D eigenvalue weighted by molar-refractivity contribution is 7.14. The second-order valence-electron chi connectivity index (χ2n) is 6.55. The Bertz CT molecular complexity index is 544. The molecular formula is C14H22N2O2SSi. The summed E-state index contributed by atoms with van der Waals surface area (Å²) in [5, 5.41) is 2.46. The first-order valence-electron chi connectivity index (χ1n) is 6.43. The maximum atomic E-state index is 11.9. The van der Waals surface area contributed by atoms with Crippen molar-refractivity contribution in [1.29, 1.82) is 0 Å². The second kappa shape index (κ2) is 5.98. The van der Waals surface area contributed by atoms with Crippen LogP contribution in [0.1, 0.15) is 26.5 Å². The fraction of sp³-hybridized carbons (Fsp3) is 0.571. The quantitative estimate of drug-likeness (QED) is 0.586. The topological polar surface area (TPSA) is 42.4 Å². The largest absolute Gasteiger partial charge is 0.443 e. The number of aromatic nitrogens is 1. The van der Waals surface area contributed by atoms with Gasteiger partial charge in [-0.2, -0.15) is 0 Å². The minimum atomic E-state index is -1.41. The molecule has 20 heavy (non-hydrogen) atoms. The number of nitrogens with zero attached hydrogens (tertiary/aromatic N) is 2. The predicted octanol–water partition coefficient (Wildman–Crippen LogP) is 3.74. The fourth-order valence-electron chi connectivity index (χ4n) is 1.14. The molecule has 0 N–H and O–H groups in total. The summed E-state index contributed by atoms with van der Waals surface area (Å²) < 4.78 is 5.30. The van der Waals surface area contributed by atoms with Gasteiger partial charge in [0.25, 0.3) is 0 Å².